The molecule has 2 aromatic heterocycles. The number of ether oxygens (including phenoxy) is 1. The van der Waals surface area contributed by atoms with Crippen LogP contribution in [-0.4, -0.2) is 28.8 Å². The highest BCUT2D eigenvalue weighted by Gasteiger charge is 2.15. The highest BCUT2D eigenvalue weighted by Crippen LogP contribution is 2.22. The third-order valence-electron chi connectivity index (χ3n) is 2.28. The van der Waals surface area contributed by atoms with E-state index >= 15 is 0 Å². The molecule has 6 nitrogen and oxygen atoms in total. The van der Waals surface area contributed by atoms with Crippen molar-refractivity contribution < 1.29 is 9.26 Å². The van der Waals surface area contributed by atoms with Gasteiger partial charge in [-0.15, -0.1) is 11.3 Å². The second kappa shape index (κ2) is 5.85. The van der Waals surface area contributed by atoms with E-state index in [2.05, 4.69) is 15.1 Å². The van der Waals surface area contributed by atoms with Crippen LogP contribution in [0.5, 0.6) is 0 Å². The first-order chi connectivity index (χ1) is 8.31. The number of thiazole rings is 1. The Balaban J connectivity index is 1.98. The summed E-state index contributed by atoms with van der Waals surface area (Å²) in [7, 11) is 1.67. The van der Waals surface area contributed by atoms with Crippen molar-refractivity contribution in [3.63, 3.8) is 0 Å². The van der Waals surface area contributed by atoms with Gasteiger partial charge in [-0.2, -0.15) is 4.98 Å². The Morgan fingerprint density at radius 1 is 1.59 bits per heavy atom. The molecule has 1 unspecified atom stereocenters. The molecule has 0 fully saturated rings. The summed E-state index contributed by atoms with van der Waals surface area (Å²) in [5, 5.41) is 3.88. The fraction of sp³-hybridized carbons (Fsp3) is 0.500. The summed E-state index contributed by atoms with van der Waals surface area (Å²) in [5.41, 5.74) is 7.66. The van der Waals surface area contributed by atoms with Gasteiger partial charge in [0, 0.05) is 19.9 Å². The van der Waals surface area contributed by atoms with Gasteiger partial charge in [0.05, 0.1) is 16.4 Å². The van der Waals surface area contributed by atoms with E-state index in [1.807, 2.05) is 0 Å². The fourth-order valence-electron chi connectivity index (χ4n) is 1.38. The summed E-state index contributed by atoms with van der Waals surface area (Å²) < 4.78 is 10.1. The van der Waals surface area contributed by atoms with E-state index in [1.165, 1.54) is 11.3 Å². The van der Waals surface area contributed by atoms with E-state index in [1.54, 1.807) is 18.8 Å². The van der Waals surface area contributed by atoms with Gasteiger partial charge >= 0.3 is 0 Å². The van der Waals surface area contributed by atoms with E-state index < -0.39 is 0 Å². The zero-order valence-corrected chi connectivity index (χ0v) is 10.3. The molecular formula is C10H14N4O2S. The lowest BCUT2D eigenvalue weighted by Gasteiger charge is -2.04. The van der Waals surface area contributed by atoms with Crippen LogP contribution in [0, 0.1) is 0 Å². The van der Waals surface area contributed by atoms with Gasteiger partial charge < -0.3 is 15.0 Å². The third kappa shape index (κ3) is 3.09. The first-order valence-corrected chi connectivity index (χ1v) is 6.16. The van der Waals surface area contributed by atoms with Gasteiger partial charge in [0.1, 0.15) is 0 Å². The molecule has 2 rings (SSSR count). The number of hydrogen-bond donors (Lipinski definition) is 1. The minimum atomic E-state index is -0.237. The average molecular weight is 254 g/mol. The number of methoxy groups -OCH3 is 1. The molecule has 2 aromatic rings. The van der Waals surface area contributed by atoms with Crippen LogP contribution in [0.4, 0.5) is 0 Å². The van der Waals surface area contributed by atoms with Crippen LogP contribution in [-0.2, 0) is 4.74 Å². The molecule has 0 saturated carbocycles. The number of aromatic nitrogens is 3. The highest BCUT2D eigenvalue weighted by molar-refractivity contribution is 7.13. The molecule has 0 bridgehead atoms. The van der Waals surface area contributed by atoms with Gasteiger partial charge in [-0.05, 0) is 12.8 Å². The van der Waals surface area contributed by atoms with Crippen LogP contribution in [0.25, 0.3) is 10.7 Å². The van der Waals surface area contributed by atoms with Gasteiger partial charge in [0.2, 0.25) is 11.7 Å². The highest BCUT2D eigenvalue weighted by atomic mass is 32.1. The maximum absolute atomic E-state index is 5.94. The van der Waals surface area contributed by atoms with Crippen molar-refractivity contribution in [2.45, 2.75) is 18.9 Å². The SMILES string of the molecule is COCCCC(N)c1nc(-c2cncs2)no1. The molecule has 0 aliphatic carbocycles. The van der Waals surface area contributed by atoms with Crippen LogP contribution in [0.15, 0.2) is 16.2 Å². The second-order valence-electron chi connectivity index (χ2n) is 3.56. The Bertz CT molecular complexity index is 443. The molecule has 0 aliphatic rings. The molecule has 0 aromatic carbocycles. The largest absolute Gasteiger partial charge is 0.385 e. The summed E-state index contributed by atoms with van der Waals surface area (Å²) in [6.45, 7) is 0.684. The van der Waals surface area contributed by atoms with Crippen LogP contribution >= 0.6 is 11.3 Å². The van der Waals surface area contributed by atoms with E-state index in [4.69, 9.17) is 15.0 Å². The lowest BCUT2D eigenvalue weighted by molar-refractivity contribution is 0.188. The molecule has 17 heavy (non-hydrogen) atoms. The maximum Gasteiger partial charge on any atom is 0.243 e. The molecule has 1 atom stereocenters. The lowest BCUT2D eigenvalue weighted by atomic mass is 10.2. The van der Waals surface area contributed by atoms with Crippen LogP contribution in [0.1, 0.15) is 24.8 Å². The maximum atomic E-state index is 5.94. The zero-order valence-electron chi connectivity index (χ0n) is 9.50. The van der Waals surface area contributed by atoms with Gasteiger partial charge in [0.15, 0.2) is 0 Å². The summed E-state index contributed by atoms with van der Waals surface area (Å²) in [5.74, 6) is 1.01. The number of hydrogen-bond acceptors (Lipinski definition) is 7. The van der Waals surface area contributed by atoms with Crippen molar-refractivity contribution in [3.8, 4) is 10.7 Å². The average Bonchev–Trinajstić information content (AvgIpc) is 3.00. The Morgan fingerprint density at radius 2 is 2.47 bits per heavy atom. The Labute approximate surface area is 103 Å². The first-order valence-electron chi connectivity index (χ1n) is 5.28. The van der Waals surface area contributed by atoms with Gasteiger partial charge in [0.25, 0.3) is 0 Å². The number of rotatable bonds is 6. The van der Waals surface area contributed by atoms with Crippen molar-refractivity contribution in [2.24, 2.45) is 5.73 Å². The lowest BCUT2D eigenvalue weighted by Crippen LogP contribution is -2.11. The molecule has 0 radical (unpaired) electrons. The van der Waals surface area contributed by atoms with Crippen LogP contribution in [0.3, 0.4) is 0 Å². The van der Waals surface area contributed by atoms with Crippen LogP contribution < -0.4 is 5.73 Å². The number of nitrogens with two attached hydrogens (primary N) is 1. The minimum absolute atomic E-state index is 0.237. The van der Waals surface area contributed by atoms with Crippen molar-refractivity contribution >= 4 is 11.3 Å². The van der Waals surface area contributed by atoms with Gasteiger partial charge in [-0.3, -0.25) is 4.98 Å². The molecule has 0 amide bonds. The van der Waals surface area contributed by atoms with E-state index in [9.17, 15) is 0 Å². The van der Waals surface area contributed by atoms with Crippen molar-refractivity contribution in [1.82, 2.24) is 15.1 Å². The third-order valence-corrected chi connectivity index (χ3v) is 3.04. The predicted octanol–water partition coefficient (Wildman–Crippen LogP) is 1.62. The normalized spacial score (nSPS) is 12.8. The summed E-state index contributed by atoms with van der Waals surface area (Å²) in [6, 6.07) is -0.237. The molecule has 2 N–H and O–H groups in total. The van der Waals surface area contributed by atoms with Crippen molar-refractivity contribution in [1.29, 1.82) is 0 Å². The quantitative estimate of drug-likeness (QED) is 0.788. The standard InChI is InChI=1S/C10H14N4O2S/c1-15-4-2-3-7(11)10-13-9(14-16-10)8-5-12-6-17-8/h5-7H,2-4,11H2,1H3. The molecule has 0 aliphatic heterocycles. The van der Waals surface area contributed by atoms with E-state index in [0.717, 1.165) is 17.7 Å². The topological polar surface area (TPSA) is 87.1 Å². The summed E-state index contributed by atoms with van der Waals surface area (Å²) in [4.78, 5) is 9.10. The second-order valence-corrected chi connectivity index (χ2v) is 4.45. The van der Waals surface area contributed by atoms with Crippen LogP contribution in [0.2, 0.25) is 0 Å². The smallest absolute Gasteiger partial charge is 0.243 e. The Kier molecular flexibility index (Phi) is 4.18. The zero-order chi connectivity index (χ0) is 12.1. The Hall–Kier alpha value is -1.31. The fourth-order valence-corrected chi connectivity index (χ4v) is 1.93. The predicted molar refractivity (Wildman–Crippen MR) is 63.4 cm³/mol. The molecule has 0 saturated heterocycles. The van der Waals surface area contributed by atoms with Crippen molar-refractivity contribution in [3.05, 3.63) is 17.6 Å². The monoisotopic (exact) mass is 254 g/mol. The molecule has 92 valence electrons. The van der Waals surface area contributed by atoms with Gasteiger partial charge in [-0.1, -0.05) is 5.16 Å². The molecule has 0 spiro atoms. The van der Waals surface area contributed by atoms with Gasteiger partial charge in [-0.25, -0.2) is 0 Å². The van der Waals surface area contributed by atoms with E-state index in [0.29, 0.717) is 18.3 Å². The summed E-state index contributed by atoms with van der Waals surface area (Å²) in [6.07, 6.45) is 3.34. The molecule has 7 heteroatoms. The molecule has 2 heterocycles. The summed E-state index contributed by atoms with van der Waals surface area (Å²) >= 11 is 1.47. The van der Waals surface area contributed by atoms with Crippen molar-refractivity contribution in [2.75, 3.05) is 13.7 Å². The number of nitrogens with zero attached hydrogens (tertiary/aromatic N) is 3. The minimum Gasteiger partial charge on any atom is -0.385 e. The molecular weight excluding hydrogens is 240 g/mol. The van der Waals surface area contributed by atoms with E-state index in [-0.39, 0.29) is 6.04 Å². The first kappa shape index (κ1) is 12.2. The Morgan fingerprint density at radius 3 is 3.18 bits per heavy atom.